The summed E-state index contributed by atoms with van der Waals surface area (Å²) >= 11 is 0. The number of nitrogens with one attached hydrogen (secondary N) is 4. The fourth-order valence-electron chi connectivity index (χ4n) is 7.12. The monoisotopic (exact) mass is 633 g/mol. The zero-order chi connectivity index (χ0) is 32.5. The highest BCUT2D eigenvalue weighted by molar-refractivity contribution is 5.95. The number of carbonyl (C=O) groups is 2. The first-order valence-corrected chi connectivity index (χ1v) is 16.8. The molecule has 10 heteroatoms. The lowest BCUT2D eigenvalue weighted by molar-refractivity contribution is -0.134. The molecule has 3 aliphatic rings. The van der Waals surface area contributed by atoms with Crippen LogP contribution in [0, 0.1) is 5.92 Å². The zero-order valence-corrected chi connectivity index (χ0v) is 27.3. The molecule has 0 radical (unpaired) electrons. The van der Waals surface area contributed by atoms with Gasteiger partial charge in [-0.2, -0.15) is 0 Å². The Hall–Kier alpha value is -4.70. The second-order valence-corrected chi connectivity index (χ2v) is 13.2. The molecule has 10 nitrogen and oxygen atoms in total. The third-order valence-electron chi connectivity index (χ3n) is 9.78. The fourth-order valence-corrected chi connectivity index (χ4v) is 7.12. The predicted molar refractivity (Wildman–Crippen MR) is 184 cm³/mol. The van der Waals surface area contributed by atoms with E-state index in [0.717, 1.165) is 59.9 Å². The predicted octanol–water partition coefficient (Wildman–Crippen LogP) is 5.74. The van der Waals surface area contributed by atoms with Crippen LogP contribution in [0.25, 0.3) is 33.2 Å². The van der Waals surface area contributed by atoms with Crippen LogP contribution in [-0.2, 0) is 9.53 Å². The van der Waals surface area contributed by atoms with Gasteiger partial charge in [0.2, 0.25) is 5.91 Å². The van der Waals surface area contributed by atoms with Crippen LogP contribution >= 0.6 is 0 Å². The van der Waals surface area contributed by atoms with Crippen molar-refractivity contribution in [1.82, 2.24) is 30.8 Å². The van der Waals surface area contributed by atoms with Crippen LogP contribution in [-0.4, -0.2) is 71.5 Å². The van der Waals surface area contributed by atoms with E-state index < -0.39 is 12.1 Å². The smallest absolute Gasteiger partial charge is 0.407 e. The van der Waals surface area contributed by atoms with Gasteiger partial charge in [-0.25, -0.2) is 9.78 Å². The third-order valence-corrected chi connectivity index (χ3v) is 9.78. The van der Waals surface area contributed by atoms with Crippen molar-refractivity contribution in [3.8, 4) is 22.4 Å². The van der Waals surface area contributed by atoms with Gasteiger partial charge in [0.05, 0.1) is 37.5 Å². The molecule has 0 spiro atoms. The van der Waals surface area contributed by atoms with Gasteiger partial charge in [0.25, 0.3) is 0 Å². The summed E-state index contributed by atoms with van der Waals surface area (Å²) in [6, 6.07) is 21.4. The number of aromatic nitrogens is 2. The summed E-state index contributed by atoms with van der Waals surface area (Å²) in [6.07, 6.45) is 5.47. The van der Waals surface area contributed by atoms with E-state index in [-0.39, 0.29) is 23.9 Å². The van der Waals surface area contributed by atoms with E-state index in [1.807, 2.05) is 24.9 Å². The van der Waals surface area contributed by atoms with Crippen molar-refractivity contribution >= 4 is 28.6 Å². The standard InChI is InChI=1S/C37H43N7O3/c1-22(2)33(43-37(46)47-3)36(45)44-17-5-7-32(44)35-40-20-30(42-35)24-10-8-23(9-11-24)25-12-13-27-19-28(15-14-26(27)18-25)31-21-39-34(41-31)29-6-4-16-38-29/h8-15,18-19,21-22,29-30,32-33,38H,4-7,16-17,20H2,1-3H3,(H,39,41)(H,40,42)(H,43,46)/t29-,30?,32-,33-/m0/s1. The minimum Gasteiger partial charge on any atom is -0.453 e. The van der Waals surface area contributed by atoms with Crippen molar-refractivity contribution in [2.45, 2.75) is 63.7 Å². The molecule has 7 rings (SSSR count). The number of carbonyl (C=O) groups excluding carboxylic acids is 2. The van der Waals surface area contributed by atoms with Crippen molar-refractivity contribution in [2.75, 3.05) is 26.7 Å². The molecule has 47 heavy (non-hydrogen) atoms. The summed E-state index contributed by atoms with van der Waals surface area (Å²) in [6.45, 7) is 6.16. The maximum atomic E-state index is 13.5. The van der Waals surface area contributed by atoms with Crippen LogP contribution in [0.4, 0.5) is 4.79 Å². The molecule has 0 aliphatic carbocycles. The highest BCUT2D eigenvalue weighted by Gasteiger charge is 2.39. The number of likely N-dealkylation sites (tertiary alicyclic amines) is 1. The van der Waals surface area contributed by atoms with Gasteiger partial charge in [-0.15, -0.1) is 0 Å². The Morgan fingerprint density at radius 2 is 1.68 bits per heavy atom. The van der Waals surface area contributed by atoms with E-state index in [1.54, 1.807) is 0 Å². The van der Waals surface area contributed by atoms with E-state index in [4.69, 9.17) is 14.7 Å². The summed E-state index contributed by atoms with van der Waals surface area (Å²) in [5, 5.41) is 12.2. The Morgan fingerprint density at radius 3 is 2.40 bits per heavy atom. The summed E-state index contributed by atoms with van der Waals surface area (Å²) in [5.74, 6) is 1.71. The summed E-state index contributed by atoms with van der Waals surface area (Å²) in [7, 11) is 1.31. The van der Waals surface area contributed by atoms with Crippen LogP contribution in [0.15, 0.2) is 71.9 Å². The van der Waals surface area contributed by atoms with Gasteiger partial charge in [-0.05, 0) is 77.7 Å². The third kappa shape index (κ3) is 6.34. The number of methoxy groups -OCH3 is 1. The minimum atomic E-state index is -0.644. The van der Waals surface area contributed by atoms with Crippen LogP contribution < -0.4 is 16.0 Å². The van der Waals surface area contributed by atoms with Gasteiger partial charge in [-0.3, -0.25) is 9.79 Å². The van der Waals surface area contributed by atoms with Gasteiger partial charge in [0.15, 0.2) is 0 Å². The average molecular weight is 634 g/mol. The van der Waals surface area contributed by atoms with E-state index in [0.29, 0.717) is 19.1 Å². The first kappa shape index (κ1) is 30.9. The lowest BCUT2D eigenvalue weighted by atomic mass is 9.97. The SMILES string of the molecule is COC(=O)N[C@H](C(=O)N1CCC[C@H]1C1=NCC(c2ccc(-c3ccc4cc(-c5c[nH]c([C@@H]6CCCN6)n5)ccc4c3)cc2)N1)C(C)C. The zero-order valence-electron chi connectivity index (χ0n) is 27.3. The molecule has 0 bridgehead atoms. The molecule has 2 fully saturated rings. The molecule has 4 atom stereocenters. The van der Waals surface area contributed by atoms with E-state index in [2.05, 4.69) is 81.6 Å². The maximum absolute atomic E-state index is 13.5. The molecular weight excluding hydrogens is 590 g/mol. The van der Waals surface area contributed by atoms with Gasteiger partial charge in [0, 0.05) is 18.3 Å². The molecule has 1 unspecified atom stereocenters. The molecule has 0 saturated carbocycles. The van der Waals surface area contributed by atoms with Gasteiger partial charge in [0.1, 0.15) is 17.7 Å². The number of aliphatic imine (C=N–C) groups is 1. The number of nitrogens with zero attached hydrogens (tertiary/aromatic N) is 3. The average Bonchev–Trinajstić information content (AvgIpc) is 3.93. The number of imidazole rings is 1. The largest absolute Gasteiger partial charge is 0.453 e. The number of aromatic amines is 1. The summed E-state index contributed by atoms with van der Waals surface area (Å²) in [4.78, 5) is 40.4. The van der Waals surface area contributed by atoms with Crippen LogP contribution in [0.3, 0.4) is 0 Å². The second-order valence-electron chi connectivity index (χ2n) is 13.2. The molecule has 2 saturated heterocycles. The highest BCUT2D eigenvalue weighted by Crippen LogP contribution is 2.31. The topological polar surface area (TPSA) is 124 Å². The Morgan fingerprint density at radius 1 is 0.936 bits per heavy atom. The van der Waals surface area contributed by atoms with E-state index in [9.17, 15) is 9.59 Å². The Bertz CT molecular complexity index is 1790. The Balaban J connectivity index is 1.00. The quantitative estimate of drug-likeness (QED) is 0.196. The first-order valence-electron chi connectivity index (χ1n) is 16.8. The number of hydrogen-bond donors (Lipinski definition) is 4. The van der Waals surface area contributed by atoms with Crippen molar-refractivity contribution < 1.29 is 14.3 Å². The molecule has 4 aromatic rings. The fraction of sp³-hybridized carbons (Fsp3) is 0.405. The van der Waals surface area contributed by atoms with Crippen molar-refractivity contribution in [1.29, 1.82) is 0 Å². The molecule has 1 aromatic heterocycles. The molecule has 4 heterocycles. The van der Waals surface area contributed by atoms with Gasteiger partial charge >= 0.3 is 6.09 Å². The normalized spacial score (nSPS) is 21.6. The molecular formula is C37H43N7O3. The minimum absolute atomic E-state index is 0.0488. The molecule has 4 N–H and O–H groups in total. The number of alkyl carbamates (subject to hydrolysis) is 1. The highest BCUT2D eigenvalue weighted by atomic mass is 16.5. The van der Waals surface area contributed by atoms with Crippen LogP contribution in [0.1, 0.15) is 63.0 Å². The van der Waals surface area contributed by atoms with Crippen molar-refractivity contribution in [3.05, 3.63) is 78.2 Å². The van der Waals surface area contributed by atoms with E-state index >= 15 is 0 Å². The number of amidine groups is 1. The van der Waals surface area contributed by atoms with E-state index in [1.165, 1.54) is 29.9 Å². The molecule has 3 aliphatic heterocycles. The first-order chi connectivity index (χ1) is 22.9. The van der Waals surface area contributed by atoms with Crippen molar-refractivity contribution in [2.24, 2.45) is 10.9 Å². The Labute approximate surface area is 275 Å². The van der Waals surface area contributed by atoms with Gasteiger partial charge < -0.3 is 30.6 Å². The lowest BCUT2D eigenvalue weighted by Crippen LogP contribution is -2.54. The number of rotatable bonds is 8. The van der Waals surface area contributed by atoms with Crippen molar-refractivity contribution in [3.63, 3.8) is 0 Å². The number of H-pyrrole nitrogens is 1. The number of fused-ring (bicyclic) bond motifs is 1. The number of amides is 2. The number of ether oxygens (including phenoxy) is 1. The number of benzene rings is 3. The summed E-state index contributed by atoms with van der Waals surface area (Å²) < 4.78 is 4.76. The number of hydrogen-bond acceptors (Lipinski definition) is 7. The molecule has 3 aromatic carbocycles. The molecule has 2 amide bonds. The second kappa shape index (κ2) is 13.2. The van der Waals surface area contributed by atoms with Crippen LogP contribution in [0.5, 0.6) is 0 Å². The Kier molecular flexibility index (Phi) is 8.68. The lowest BCUT2D eigenvalue weighted by Gasteiger charge is -2.31. The maximum Gasteiger partial charge on any atom is 0.407 e. The van der Waals surface area contributed by atoms with Crippen LogP contribution in [0.2, 0.25) is 0 Å². The van der Waals surface area contributed by atoms with Gasteiger partial charge in [-0.1, -0.05) is 62.4 Å². The molecule has 244 valence electrons. The summed E-state index contributed by atoms with van der Waals surface area (Å²) in [5.41, 5.74) is 5.58.